The van der Waals surface area contributed by atoms with E-state index in [4.69, 9.17) is 9.84 Å². The highest BCUT2D eigenvalue weighted by Gasteiger charge is 2.36. The maximum Gasteiger partial charge on any atom is 0.315 e. The Morgan fingerprint density at radius 3 is 2.62 bits per heavy atom. The van der Waals surface area contributed by atoms with Gasteiger partial charge in [0, 0.05) is 18.6 Å². The molecular weight excluding hydrogens is 272 g/mol. The molecule has 120 valence electrons. The van der Waals surface area contributed by atoms with E-state index in [1.165, 1.54) is 0 Å². The normalized spacial score (nSPS) is 26.0. The Labute approximate surface area is 125 Å². The molecule has 0 aromatic heterocycles. The fourth-order valence-electron chi connectivity index (χ4n) is 3.41. The highest BCUT2D eigenvalue weighted by atomic mass is 16.5. The molecule has 1 saturated carbocycles. The van der Waals surface area contributed by atoms with Crippen LogP contribution in [0.1, 0.15) is 51.9 Å². The fraction of sp³-hybridized carbons (Fsp3) is 0.867. The Balaban J connectivity index is 1.89. The maximum absolute atomic E-state index is 12.2. The van der Waals surface area contributed by atoms with Crippen molar-refractivity contribution in [2.45, 2.75) is 63.5 Å². The highest BCUT2D eigenvalue weighted by molar-refractivity contribution is 5.77. The van der Waals surface area contributed by atoms with Gasteiger partial charge in [0.1, 0.15) is 0 Å². The summed E-state index contributed by atoms with van der Waals surface area (Å²) < 4.78 is 5.33. The number of rotatable bonds is 5. The molecular formula is C15H26N2O4. The lowest BCUT2D eigenvalue weighted by atomic mass is 9.79. The third-order valence-electron chi connectivity index (χ3n) is 4.71. The van der Waals surface area contributed by atoms with Crippen LogP contribution in [0.5, 0.6) is 0 Å². The summed E-state index contributed by atoms with van der Waals surface area (Å²) in [5, 5.41) is 15.0. The molecule has 1 aliphatic heterocycles. The van der Waals surface area contributed by atoms with Gasteiger partial charge < -0.3 is 20.5 Å². The van der Waals surface area contributed by atoms with Gasteiger partial charge in [-0.1, -0.05) is 19.3 Å². The van der Waals surface area contributed by atoms with E-state index in [1.807, 2.05) is 6.92 Å². The number of carbonyl (C=O) groups excluding carboxylic acids is 1. The van der Waals surface area contributed by atoms with Crippen molar-refractivity contribution in [1.82, 2.24) is 10.6 Å². The zero-order chi connectivity index (χ0) is 15.3. The predicted molar refractivity (Wildman–Crippen MR) is 78.1 cm³/mol. The molecule has 0 bridgehead atoms. The Bertz CT molecular complexity index is 374. The molecule has 2 aliphatic rings. The molecule has 21 heavy (non-hydrogen) atoms. The van der Waals surface area contributed by atoms with Gasteiger partial charge in [-0.3, -0.25) is 4.79 Å². The number of carboxylic acid groups (broad SMARTS) is 1. The van der Waals surface area contributed by atoms with Gasteiger partial charge >= 0.3 is 12.0 Å². The number of hydrogen-bond donors (Lipinski definition) is 3. The van der Waals surface area contributed by atoms with Crippen molar-refractivity contribution in [3.05, 3.63) is 0 Å². The smallest absolute Gasteiger partial charge is 0.315 e. The van der Waals surface area contributed by atoms with E-state index >= 15 is 0 Å². The molecule has 2 amide bonds. The van der Waals surface area contributed by atoms with Gasteiger partial charge in [0.2, 0.25) is 0 Å². The van der Waals surface area contributed by atoms with E-state index in [0.717, 1.165) is 45.1 Å². The summed E-state index contributed by atoms with van der Waals surface area (Å²) in [7, 11) is 0. The van der Waals surface area contributed by atoms with Crippen molar-refractivity contribution in [3.63, 3.8) is 0 Å². The molecule has 2 rings (SSSR count). The van der Waals surface area contributed by atoms with E-state index in [-0.39, 0.29) is 18.5 Å². The summed E-state index contributed by atoms with van der Waals surface area (Å²) in [6, 6.07) is -0.212. The lowest BCUT2D eigenvalue weighted by Crippen LogP contribution is -2.56. The van der Waals surface area contributed by atoms with Crippen molar-refractivity contribution in [2.24, 2.45) is 5.92 Å². The molecule has 2 unspecified atom stereocenters. The summed E-state index contributed by atoms with van der Waals surface area (Å²) in [5.41, 5.74) is -0.583. The van der Waals surface area contributed by atoms with Gasteiger partial charge in [-0.15, -0.1) is 0 Å². The molecule has 1 saturated heterocycles. The molecule has 6 nitrogen and oxygen atoms in total. The van der Waals surface area contributed by atoms with Crippen molar-refractivity contribution >= 4 is 12.0 Å². The quantitative estimate of drug-likeness (QED) is 0.723. The van der Waals surface area contributed by atoms with Gasteiger partial charge in [0.05, 0.1) is 18.6 Å². The maximum atomic E-state index is 12.2. The van der Waals surface area contributed by atoms with Gasteiger partial charge in [-0.25, -0.2) is 4.79 Å². The van der Waals surface area contributed by atoms with Crippen LogP contribution in [-0.2, 0) is 9.53 Å². The first-order chi connectivity index (χ1) is 10.0. The lowest BCUT2D eigenvalue weighted by Gasteiger charge is -2.37. The molecule has 0 aromatic carbocycles. The van der Waals surface area contributed by atoms with Gasteiger partial charge in [-0.2, -0.15) is 0 Å². The molecule has 0 radical (unpaired) electrons. The van der Waals surface area contributed by atoms with Crippen LogP contribution in [0.15, 0.2) is 0 Å². The number of ether oxygens (including phenoxy) is 1. The molecule has 1 heterocycles. The predicted octanol–water partition coefficient (Wildman–Crippen LogP) is 1.89. The number of carbonyl (C=O) groups is 2. The highest BCUT2D eigenvalue weighted by Crippen LogP contribution is 2.31. The second-order valence-electron chi connectivity index (χ2n) is 6.42. The third kappa shape index (κ3) is 4.59. The van der Waals surface area contributed by atoms with Gasteiger partial charge in [-0.05, 0) is 26.2 Å². The van der Waals surface area contributed by atoms with Gasteiger partial charge in [0.15, 0.2) is 0 Å². The average molecular weight is 298 g/mol. The lowest BCUT2D eigenvalue weighted by molar-refractivity contribution is -0.139. The summed E-state index contributed by atoms with van der Waals surface area (Å²) >= 11 is 0. The minimum Gasteiger partial charge on any atom is -0.481 e. The minimum atomic E-state index is -0.852. The van der Waals surface area contributed by atoms with E-state index in [1.54, 1.807) is 0 Å². The topological polar surface area (TPSA) is 87.7 Å². The molecule has 0 spiro atoms. The summed E-state index contributed by atoms with van der Waals surface area (Å²) in [4.78, 5) is 23.3. The SMILES string of the molecule is CC(NC(=O)NC1(CC(=O)O)CCCCC1)C1CCOC1. The van der Waals surface area contributed by atoms with Crippen LogP contribution in [0.25, 0.3) is 0 Å². The standard InChI is InChI=1S/C15H26N2O4/c1-11(12-5-8-21-10-12)16-14(20)17-15(9-13(18)19)6-3-2-4-7-15/h11-12H,2-10H2,1H3,(H,18,19)(H2,16,17,20). The zero-order valence-electron chi connectivity index (χ0n) is 12.7. The minimum absolute atomic E-state index is 0.00133. The zero-order valence-corrected chi connectivity index (χ0v) is 12.7. The second kappa shape index (κ2) is 7.11. The molecule has 3 N–H and O–H groups in total. The Morgan fingerprint density at radius 1 is 1.33 bits per heavy atom. The van der Waals surface area contributed by atoms with Crippen LogP contribution < -0.4 is 10.6 Å². The Morgan fingerprint density at radius 2 is 2.05 bits per heavy atom. The Hall–Kier alpha value is -1.30. The molecule has 0 aromatic rings. The number of nitrogens with one attached hydrogen (secondary N) is 2. The van der Waals surface area contributed by atoms with Crippen molar-refractivity contribution in [3.8, 4) is 0 Å². The summed E-state index contributed by atoms with van der Waals surface area (Å²) in [6.45, 7) is 3.41. The number of amides is 2. The monoisotopic (exact) mass is 298 g/mol. The number of hydrogen-bond acceptors (Lipinski definition) is 3. The summed E-state index contributed by atoms with van der Waals surface area (Å²) in [6.07, 6.45) is 5.50. The first kappa shape index (κ1) is 16.1. The number of urea groups is 1. The van der Waals surface area contributed by atoms with E-state index < -0.39 is 11.5 Å². The van der Waals surface area contributed by atoms with Crippen LogP contribution in [0.4, 0.5) is 4.79 Å². The van der Waals surface area contributed by atoms with E-state index in [9.17, 15) is 9.59 Å². The van der Waals surface area contributed by atoms with Crippen LogP contribution >= 0.6 is 0 Å². The summed E-state index contributed by atoms with van der Waals surface area (Å²) in [5.74, 6) is -0.507. The van der Waals surface area contributed by atoms with Crippen LogP contribution in [-0.4, -0.2) is 41.9 Å². The van der Waals surface area contributed by atoms with Crippen LogP contribution in [0.3, 0.4) is 0 Å². The Kier molecular flexibility index (Phi) is 5.45. The largest absolute Gasteiger partial charge is 0.481 e. The first-order valence-electron chi connectivity index (χ1n) is 7.89. The van der Waals surface area contributed by atoms with Crippen LogP contribution in [0.2, 0.25) is 0 Å². The van der Waals surface area contributed by atoms with Crippen molar-refractivity contribution < 1.29 is 19.4 Å². The first-order valence-corrected chi connectivity index (χ1v) is 7.89. The third-order valence-corrected chi connectivity index (χ3v) is 4.71. The van der Waals surface area contributed by atoms with Crippen molar-refractivity contribution in [2.75, 3.05) is 13.2 Å². The molecule has 2 fully saturated rings. The molecule has 2 atom stereocenters. The van der Waals surface area contributed by atoms with E-state index in [0.29, 0.717) is 12.5 Å². The van der Waals surface area contributed by atoms with Gasteiger partial charge in [0.25, 0.3) is 0 Å². The second-order valence-corrected chi connectivity index (χ2v) is 6.42. The molecule has 6 heteroatoms. The van der Waals surface area contributed by atoms with E-state index in [2.05, 4.69) is 10.6 Å². The molecule has 1 aliphatic carbocycles. The van der Waals surface area contributed by atoms with Crippen molar-refractivity contribution in [1.29, 1.82) is 0 Å². The fourth-order valence-corrected chi connectivity index (χ4v) is 3.41. The number of aliphatic carboxylic acids is 1. The van der Waals surface area contributed by atoms with Crippen LogP contribution in [0, 0.1) is 5.92 Å². The average Bonchev–Trinajstić information content (AvgIpc) is 2.92. The number of carboxylic acids is 1.